The van der Waals surface area contributed by atoms with Crippen LogP contribution in [0.4, 0.5) is 16.2 Å². The highest BCUT2D eigenvalue weighted by Crippen LogP contribution is 2.50. The number of halogens is 1. The van der Waals surface area contributed by atoms with Crippen molar-refractivity contribution >= 4 is 49.9 Å². The number of aliphatic hydroxyl groups is 1. The van der Waals surface area contributed by atoms with E-state index in [1.807, 2.05) is 0 Å². The fourth-order valence-corrected chi connectivity index (χ4v) is 6.40. The number of aliphatic hydroxyl groups excluding tert-OH is 1. The molecule has 24 heteroatoms. The molecule has 0 spiro atoms. The Morgan fingerprint density at radius 1 is 1.13 bits per heavy atom. The van der Waals surface area contributed by atoms with E-state index in [2.05, 4.69) is 29.9 Å². The van der Waals surface area contributed by atoms with Gasteiger partial charge in [0.1, 0.15) is 42.7 Å². The van der Waals surface area contributed by atoms with E-state index >= 15 is 4.39 Å². The van der Waals surface area contributed by atoms with E-state index in [1.54, 1.807) is 0 Å². The number of nitrogens with zero attached hydrogens (tertiary/aromatic N) is 7. The van der Waals surface area contributed by atoms with Crippen molar-refractivity contribution in [3.05, 3.63) is 29.3 Å². The SMILES string of the molecule is Nc1nc2c(ncn2[C@@H]2O[C@H](CO)C(F)C2OP(=O)(O)OC[C@H]2O[C@@H](n3cnc4c(N)ncnc43)CC2OC[PH](=O)O)c(=O)[nH]1. The molecule has 2 saturated heterocycles. The van der Waals surface area contributed by atoms with Gasteiger partial charge in [-0.15, -0.1) is 0 Å². The number of hydrogen-bond acceptors (Lipinski definition) is 16. The maximum absolute atomic E-state index is 15.4. The Labute approximate surface area is 250 Å². The summed E-state index contributed by atoms with van der Waals surface area (Å²) in [7, 11) is -8.17. The molecule has 8 N–H and O–H groups in total. The van der Waals surface area contributed by atoms with Crippen molar-refractivity contribution in [1.29, 1.82) is 0 Å². The van der Waals surface area contributed by atoms with Crippen LogP contribution in [0.15, 0.2) is 23.8 Å². The first kappa shape index (κ1) is 31.5. The number of nitrogens with one attached hydrogen (secondary N) is 1. The minimum absolute atomic E-state index is 0.0847. The van der Waals surface area contributed by atoms with Gasteiger partial charge in [0.2, 0.25) is 14.0 Å². The Hall–Kier alpha value is -3.43. The Balaban J connectivity index is 1.20. The first-order valence-electron chi connectivity index (χ1n) is 13.2. The first-order chi connectivity index (χ1) is 21.5. The number of H-pyrrole nitrogens is 1. The maximum atomic E-state index is 15.4. The molecule has 21 nitrogen and oxygen atoms in total. The molecule has 4 aromatic rings. The van der Waals surface area contributed by atoms with E-state index in [9.17, 15) is 28.8 Å². The van der Waals surface area contributed by atoms with E-state index in [-0.39, 0.29) is 29.4 Å². The molecular formula is C21H27FN10O11P2. The molecule has 6 rings (SSSR count). The lowest BCUT2D eigenvalue weighted by Gasteiger charge is -2.24. The highest BCUT2D eigenvalue weighted by molar-refractivity contribution is 7.47. The third-order valence-corrected chi connectivity index (χ3v) is 8.52. The highest BCUT2D eigenvalue weighted by Gasteiger charge is 2.51. The summed E-state index contributed by atoms with van der Waals surface area (Å²) < 4.78 is 69.9. The molecule has 5 unspecified atom stereocenters. The summed E-state index contributed by atoms with van der Waals surface area (Å²) in [4.78, 5) is 54.5. The third kappa shape index (κ3) is 6.21. The Kier molecular flexibility index (Phi) is 8.69. The molecule has 0 saturated carbocycles. The number of hydrogen-bond donors (Lipinski definition) is 6. The lowest BCUT2D eigenvalue weighted by atomic mass is 10.1. The molecule has 2 aliphatic rings. The van der Waals surface area contributed by atoms with E-state index in [0.29, 0.717) is 11.2 Å². The van der Waals surface area contributed by atoms with Gasteiger partial charge in [0.05, 0.1) is 32.0 Å². The second-order valence-corrected chi connectivity index (χ2v) is 12.5. The van der Waals surface area contributed by atoms with E-state index in [1.165, 1.54) is 17.2 Å². The van der Waals surface area contributed by atoms with E-state index < -0.39 is 84.0 Å². The van der Waals surface area contributed by atoms with Crippen molar-refractivity contribution in [2.75, 3.05) is 31.0 Å². The fourth-order valence-electron chi connectivity index (χ4n) is 5.12. The molecule has 2 fully saturated rings. The van der Waals surface area contributed by atoms with Crippen molar-refractivity contribution in [3.8, 4) is 0 Å². The Morgan fingerprint density at radius 2 is 1.89 bits per heavy atom. The average Bonchev–Trinajstić information content (AvgIpc) is 3.76. The Morgan fingerprint density at radius 3 is 2.64 bits per heavy atom. The van der Waals surface area contributed by atoms with Crippen LogP contribution in [-0.2, 0) is 32.4 Å². The quantitative estimate of drug-likeness (QED) is 0.103. The van der Waals surface area contributed by atoms with Crippen molar-refractivity contribution in [1.82, 2.24) is 39.0 Å². The number of phosphoric ester groups is 1. The van der Waals surface area contributed by atoms with Gasteiger partial charge in [-0.25, -0.2) is 28.9 Å². The van der Waals surface area contributed by atoms with Gasteiger partial charge in [-0.2, -0.15) is 4.98 Å². The minimum atomic E-state index is -5.12. The Bertz CT molecular complexity index is 1840. The van der Waals surface area contributed by atoms with Gasteiger partial charge >= 0.3 is 7.82 Å². The third-order valence-electron chi connectivity index (χ3n) is 7.12. The zero-order valence-corrected chi connectivity index (χ0v) is 24.7. The van der Waals surface area contributed by atoms with Crippen LogP contribution in [0.5, 0.6) is 0 Å². The molecule has 4 aromatic heterocycles. The summed E-state index contributed by atoms with van der Waals surface area (Å²) in [5, 5.41) is 9.63. The highest BCUT2D eigenvalue weighted by atomic mass is 31.2. The largest absolute Gasteiger partial charge is 0.472 e. The lowest BCUT2D eigenvalue weighted by Crippen LogP contribution is -2.33. The second kappa shape index (κ2) is 12.4. The van der Waals surface area contributed by atoms with Crippen LogP contribution in [0, 0.1) is 0 Å². The predicted molar refractivity (Wildman–Crippen MR) is 148 cm³/mol. The maximum Gasteiger partial charge on any atom is 0.472 e. The van der Waals surface area contributed by atoms with Crippen molar-refractivity contribution in [3.63, 3.8) is 0 Å². The zero-order valence-electron chi connectivity index (χ0n) is 22.8. The summed E-state index contributed by atoms with van der Waals surface area (Å²) in [6, 6.07) is 0. The smallest absolute Gasteiger partial charge is 0.394 e. The lowest BCUT2D eigenvalue weighted by molar-refractivity contribution is -0.0645. The number of anilines is 2. The summed E-state index contributed by atoms with van der Waals surface area (Å²) >= 11 is 0. The van der Waals surface area contributed by atoms with Crippen LogP contribution in [0.25, 0.3) is 22.3 Å². The molecule has 0 amide bonds. The molecule has 0 bridgehead atoms. The summed E-state index contributed by atoms with van der Waals surface area (Å²) in [5.41, 5.74) is 11.1. The molecule has 45 heavy (non-hydrogen) atoms. The molecule has 2 aliphatic heterocycles. The molecule has 244 valence electrons. The number of ether oxygens (including phenoxy) is 3. The second-order valence-electron chi connectivity index (χ2n) is 9.99. The number of nitrogen functional groups attached to an aromatic ring is 2. The molecule has 6 heterocycles. The topological polar surface area (TPSA) is 300 Å². The van der Waals surface area contributed by atoms with E-state index in [4.69, 9.17) is 34.7 Å². The minimum Gasteiger partial charge on any atom is -0.394 e. The summed E-state index contributed by atoms with van der Waals surface area (Å²) in [5.74, 6) is -0.158. The number of fused-ring (bicyclic) bond motifs is 2. The molecule has 0 aromatic carbocycles. The van der Waals surface area contributed by atoms with Crippen LogP contribution in [0.1, 0.15) is 18.9 Å². The van der Waals surface area contributed by atoms with Crippen LogP contribution >= 0.6 is 15.9 Å². The molecule has 0 aliphatic carbocycles. The van der Waals surface area contributed by atoms with Crippen LogP contribution in [0.2, 0.25) is 0 Å². The van der Waals surface area contributed by atoms with Crippen molar-refractivity contribution < 1.29 is 51.7 Å². The van der Waals surface area contributed by atoms with Crippen LogP contribution < -0.4 is 17.0 Å². The van der Waals surface area contributed by atoms with E-state index in [0.717, 1.165) is 10.9 Å². The number of phosphoric acid groups is 1. The normalized spacial score (nSPS) is 29.0. The van der Waals surface area contributed by atoms with Gasteiger partial charge in [0, 0.05) is 6.42 Å². The predicted octanol–water partition coefficient (Wildman–Crippen LogP) is -1.05. The van der Waals surface area contributed by atoms with Crippen molar-refractivity contribution in [2.45, 2.75) is 49.5 Å². The number of imidazole rings is 2. The van der Waals surface area contributed by atoms with Crippen LogP contribution in [-0.4, -0.2) is 104 Å². The monoisotopic (exact) mass is 676 g/mol. The average molecular weight is 676 g/mol. The molecule has 0 radical (unpaired) electrons. The van der Waals surface area contributed by atoms with Gasteiger partial charge < -0.3 is 40.6 Å². The van der Waals surface area contributed by atoms with Gasteiger partial charge in [0.15, 0.2) is 35.0 Å². The van der Waals surface area contributed by atoms with Gasteiger partial charge in [0.25, 0.3) is 5.56 Å². The summed E-state index contributed by atoms with van der Waals surface area (Å²) in [6.07, 6.45) is -6.57. The zero-order chi connectivity index (χ0) is 32.0. The number of nitrogens with two attached hydrogens (primary N) is 2. The van der Waals surface area contributed by atoms with Gasteiger partial charge in [-0.1, -0.05) is 0 Å². The number of alkyl halides is 1. The molecular weight excluding hydrogens is 649 g/mol. The first-order valence-corrected chi connectivity index (χ1v) is 16.2. The number of rotatable bonds is 11. The van der Waals surface area contributed by atoms with Gasteiger partial charge in [-0.05, 0) is 0 Å². The number of aromatic amines is 1. The number of aromatic nitrogens is 8. The fraction of sp³-hybridized carbons (Fsp3) is 0.524. The van der Waals surface area contributed by atoms with Gasteiger partial charge in [-0.3, -0.25) is 32.5 Å². The van der Waals surface area contributed by atoms with Crippen LogP contribution in [0.3, 0.4) is 0 Å². The molecule has 9 atom stereocenters. The van der Waals surface area contributed by atoms with Crippen molar-refractivity contribution in [2.24, 2.45) is 0 Å². The summed E-state index contributed by atoms with van der Waals surface area (Å²) in [6.45, 7) is -1.47. The standard InChI is InChI=1S/C21H27FN10O11P2/c22-12-9(2-33)42-20(32-6-28-14-18(32)29-21(24)30-19(14)34)15(12)43-45(37,38)40-3-10-8(39-7-44(35)36)1-11(41-10)31-5-27-13-16(23)25-4-26-17(13)31/h4-6,8-12,15,20,33,44H,1-3,7H2,(H,35,36)(H,37,38)(H2,23,25,26)(H3,24,29,30,34)/t8?,9-,10-,11-,12?,15?,20-/m1/s1.